The van der Waals surface area contributed by atoms with Gasteiger partial charge in [0, 0.05) is 39.1 Å². The lowest BCUT2D eigenvalue weighted by Crippen LogP contribution is -2.45. The number of hydrogen-bond acceptors (Lipinski definition) is 4. The molecule has 0 bridgehead atoms. The number of carbonyl (C=O) groups excluding carboxylic acids is 1. The number of hydrogen-bond donors (Lipinski definition) is 0. The fourth-order valence-electron chi connectivity index (χ4n) is 2.36. The van der Waals surface area contributed by atoms with Crippen LogP contribution in [-0.2, 0) is 11.2 Å². The minimum absolute atomic E-state index is 0.189. The van der Waals surface area contributed by atoms with Gasteiger partial charge in [-0.15, -0.1) is 0 Å². The fourth-order valence-corrected chi connectivity index (χ4v) is 2.36. The molecule has 1 aromatic carbocycles. The highest BCUT2D eigenvalue weighted by atomic mass is 16.5. The van der Waals surface area contributed by atoms with Crippen LogP contribution < -0.4 is 4.74 Å². The van der Waals surface area contributed by atoms with Crippen LogP contribution in [0.15, 0.2) is 24.3 Å². The van der Waals surface area contributed by atoms with Crippen molar-refractivity contribution in [1.82, 2.24) is 9.80 Å². The minimum atomic E-state index is 0.189. The quantitative estimate of drug-likeness (QED) is 0.787. The summed E-state index contributed by atoms with van der Waals surface area (Å²) in [5.41, 5.74) is 1.05. The predicted octanol–water partition coefficient (Wildman–Crippen LogP) is 1.44. The highest BCUT2D eigenvalue weighted by molar-refractivity contribution is 5.78. The first-order valence-electron chi connectivity index (χ1n) is 7.25. The lowest BCUT2D eigenvalue weighted by atomic mass is 10.1. The summed E-state index contributed by atoms with van der Waals surface area (Å²) in [5, 5.41) is 0. The first-order valence-corrected chi connectivity index (χ1v) is 7.25. The molecule has 1 aromatic rings. The van der Waals surface area contributed by atoms with Gasteiger partial charge in [0.15, 0.2) is 0 Å². The van der Waals surface area contributed by atoms with E-state index in [2.05, 4.69) is 16.8 Å². The first-order chi connectivity index (χ1) is 9.63. The Bertz CT molecular complexity index is 423. The number of ketones is 1. The number of Topliss-reactive ketones (excluding diaryl/α,β-unsaturated/α-hetero) is 1. The van der Waals surface area contributed by atoms with Crippen molar-refractivity contribution in [3.05, 3.63) is 29.8 Å². The van der Waals surface area contributed by atoms with E-state index in [0.29, 0.717) is 6.42 Å². The highest BCUT2D eigenvalue weighted by Crippen LogP contribution is 2.13. The zero-order valence-electron chi connectivity index (χ0n) is 12.5. The van der Waals surface area contributed by atoms with Crippen molar-refractivity contribution in [3.8, 4) is 5.75 Å². The van der Waals surface area contributed by atoms with Crippen molar-refractivity contribution in [2.45, 2.75) is 13.3 Å². The zero-order valence-corrected chi connectivity index (χ0v) is 12.5. The van der Waals surface area contributed by atoms with E-state index in [0.717, 1.165) is 50.6 Å². The van der Waals surface area contributed by atoms with E-state index in [4.69, 9.17) is 4.74 Å². The maximum absolute atomic E-state index is 11.0. The van der Waals surface area contributed by atoms with Gasteiger partial charge in [-0.1, -0.05) is 12.1 Å². The molecule has 0 aromatic heterocycles. The summed E-state index contributed by atoms with van der Waals surface area (Å²) in [6.45, 7) is 7.83. The second kappa shape index (κ2) is 7.41. The third-order valence-electron chi connectivity index (χ3n) is 3.65. The molecule has 1 saturated heterocycles. The maximum atomic E-state index is 11.0. The molecule has 2 rings (SSSR count). The van der Waals surface area contributed by atoms with Gasteiger partial charge in [-0.3, -0.25) is 9.69 Å². The van der Waals surface area contributed by atoms with Gasteiger partial charge in [-0.25, -0.2) is 0 Å². The molecule has 0 spiro atoms. The summed E-state index contributed by atoms with van der Waals surface area (Å²) in [6, 6.07) is 7.82. The molecule has 1 fully saturated rings. The number of rotatable bonds is 6. The van der Waals surface area contributed by atoms with Crippen LogP contribution in [0.4, 0.5) is 0 Å². The summed E-state index contributed by atoms with van der Waals surface area (Å²) in [7, 11) is 2.16. The van der Waals surface area contributed by atoms with Crippen LogP contribution in [0.3, 0.4) is 0 Å². The summed E-state index contributed by atoms with van der Waals surface area (Å²) in [4.78, 5) is 15.8. The Morgan fingerprint density at radius 3 is 2.40 bits per heavy atom. The summed E-state index contributed by atoms with van der Waals surface area (Å²) in [6.07, 6.45) is 0.502. The Labute approximate surface area is 121 Å². The molecule has 0 N–H and O–H groups in total. The van der Waals surface area contributed by atoms with Crippen molar-refractivity contribution >= 4 is 5.78 Å². The average molecular weight is 276 g/mol. The Balaban J connectivity index is 1.70. The van der Waals surface area contributed by atoms with Crippen LogP contribution in [0.5, 0.6) is 5.75 Å². The van der Waals surface area contributed by atoms with Gasteiger partial charge in [-0.2, -0.15) is 0 Å². The maximum Gasteiger partial charge on any atom is 0.134 e. The Kier molecular flexibility index (Phi) is 5.56. The molecule has 0 atom stereocenters. The second-order valence-electron chi connectivity index (χ2n) is 5.52. The number of benzene rings is 1. The Hall–Kier alpha value is -1.39. The first kappa shape index (κ1) is 15.0. The van der Waals surface area contributed by atoms with Crippen molar-refractivity contribution in [1.29, 1.82) is 0 Å². The van der Waals surface area contributed by atoms with E-state index in [1.807, 2.05) is 24.3 Å². The summed E-state index contributed by atoms with van der Waals surface area (Å²) in [5.74, 6) is 1.07. The molecule has 0 radical (unpaired) electrons. The smallest absolute Gasteiger partial charge is 0.134 e. The normalized spacial score (nSPS) is 17.1. The number of carbonyl (C=O) groups is 1. The molecule has 1 aliphatic rings. The average Bonchev–Trinajstić information content (AvgIpc) is 2.42. The SMILES string of the molecule is CC(=O)Cc1ccc(OCCN2CCN(C)CC2)cc1. The van der Waals surface area contributed by atoms with Gasteiger partial charge in [0.1, 0.15) is 18.1 Å². The van der Waals surface area contributed by atoms with E-state index in [-0.39, 0.29) is 5.78 Å². The van der Waals surface area contributed by atoms with E-state index in [1.165, 1.54) is 0 Å². The van der Waals surface area contributed by atoms with Crippen LogP contribution >= 0.6 is 0 Å². The van der Waals surface area contributed by atoms with Crippen molar-refractivity contribution in [2.75, 3.05) is 46.4 Å². The van der Waals surface area contributed by atoms with Gasteiger partial charge in [0.05, 0.1) is 0 Å². The monoisotopic (exact) mass is 276 g/mol. The summed E-state index contributed by atoms with van der Waals surface area (Å²) < 4.78 is 5.76. The molecular weight excluding hydrogens is 252 g/mol. The molecule has 4 nitrogen and oxygen atoms in total. The van der Waals surface area contributed by atoms with Crippen LogP contribution in [0, 0.1) is 0 Å². The Morgan fingerprint density at radius 2 is 1.80 bits per heavy atom. The standard InChI is InChI=1S/C16H24N2O2/c1-14(19)13-15-3-5-16(6-4-15)20-12-11-18-9-7-17(2)8-10-18/h3-6H,7-13H2,1-2H3. The van der Waals surface area contributed by atoms with E-state index in [9.17, 15) is 4.79 Å². The van der Waals surface area contributed by atoms with Crippen LogP contribution in [-0.4, -0.2) is 62.0 Å². The third kappa shape index (κ3) is 4.94. The topological polar surface area (TPSA) is 32.8 Å². The number of ether oxygens (including phenoxy) is 1. The molecule has 1 aliphatic heterocycles. The van der Waals surface area contributed by atoms with Gasteiger partial charge in [0.25, 0.3) is 0 Å². The highest BCUT2D eigenvalue weighted by Gasteiger charge is 2.13. The molecule has 0 amide bonds. The fraction of sp³-hybridized carbons (Fsp3) is 0.562. The molecule has 4 heteroatoms. The summed E-state index contributed by atoms with van der Waals surface area (Å²) >= 11 is 0. The van der Waals surface area contributed by atoms with E-state index < -0.39 is 0 Å². The lowest BCUT2D eigenvalue weighted by Gasteiger charge is -2.32. The molecular formula is C16H24N2O2. The predicted molar refractivity (Wildman–Crippen MR) is 80.3 cm³/mol. The lowest BCUT2D eigenvalue weighted by molar-refractivity contribution is -0.116. The number of piperazine rings is 1. The van der Waals surface area contributed by atoms with E-state index >= 15 is 0 Å². The van der Waals surface area contributed by atoms with Crippen molar-refractivity contribution in [2.24, 2.45) is 0 Å². The second-order valence-corrected chi connectivity index (χ2v) is 5.52. The molecule has 110 valence electrons. The third-order valence-corrected chi connectivity index (χ3v) is 3.65. The number of nitrogens with zero attached hydrogens (tertiary/aromatic N) is 2. The van der Waals surface area contributed by atoms with Crippen molar-refractivity contribution in [3.63, 3.8) is 0 Å². The van der Waals surface area contributed by atoms with E-state index in [1.54, 1.807) is 6.92 Å². The minimum Gasteiger partial charge on any atom is -0.492 e. The zero-order chi connectivity index (χ0) is 14.4. The Morgan fingerprint density at radius 1 is 1.15 bits per heavy atom. The molecule has 20 heavy (non-hydrogen) atoms. The molecule has 0 unspecified atom stereocenters. The molecule has 0 saturated carbocycles. The van der Waals surface area contributed by atoms with Crippen LogP contribution in [0.1, 0.15) is 12.5 Å². The van der Waals surface area contributed by atoms with Gasteiger partial charge < -0.3 is 9.64 Å². The van der Waals surface area contributed by atoms with Crippen LogP contribution in [0.2, 0.25) is 0 Å². The molecule has 1 heterocycles. The van der Waals surface area contributed by atoms with Gasteiger partial charge in [0.2, 0.25) is 0 Å². The number of likely N-dealkylation sites (N-methyl/N-ethyl adjacent to an activating group) is 1. The van der Waals surface area contributed by atoms with Gasteiger partial charge in [-0.05, 0) is 31.7 Å². The van der Waals surface area contributed by atoms with Gasteiger partial charge >= 0.3 is 0 Å². The van der Waals surface area contributed by atoms with Crippen molar-refractivity contribution < 1.29 is 9.53 Å². The molecule has 0 aliphatic carbocycles. The largest absolute Gasteiger partial charge is 0.492 e. The van der Waals surface area contributed by atoms with Crippen LogP contribution in [0.25, 0.3) is 0 Å².